The first kappa shape index (κ1) is 27.3. The average Bonchev–Trinajstić information content (AvgIpc) is 2.77. The van der Waals surface area contributed by atoms with Crippen molar-refractivity contribution in [3.63, 3.8) is 0 Å². The number of rotatable bonds is 9. The van der Waals surface area contributed by atoms with E-state index in [-0.39, 0.29) is 30.5 Å². The molecule has 2 rings (SSSR count). The lowest BCUT2D eigenvalue weighted by atomic mass is 10.1. The number of carbonyl (C=O) groups is 1. The quantitative estimate of drug-likeness (QED) is 0.188. The second-order valence-corrected chi connectivity index (χ2v) is 6.33. The van der Waals surface area contributed by atoms with Gasteiger partial charge in [0.2, 0.25) is 5.91 Å². The van der Waals surface area contributed by atoms with Gasteiger partial charge in [0.05, 0.1) is 19.9 Å². The summed E-state index contributed by atoms with van der Waals surface area (Å²) in [6.07, 6.45) is 0.650. The van der Waals surface area contributed by atoms with Crippen LogP contribution in [0.1, 0.15) is 12.5 Å². The van der Waals surface area contributed by atoms with Crippen molar-refractivity contribution in [3.8, 4) is 11.5 Å². The zero-order valence-electron chi connectivity index (χ0n) is 17.9. The third-order valence-electron chi connectivity index (χ3n) is 4.19. The molecule has 0 saturated heterocycles. The molecule has 0 aliphatic rings. The number of guanidine groups is 1. The maximum absolute atomic E-state index is 13.7. The molecule has 0 aliphatic carbocycles. The van der Waals surface area contributed by atoms with E-state index in [0.717, 1.165) is 17.7 Å². The summed E-state index contributed by atoms with van der Waals surface area (Å²) in [4.78, 5) is 16.1. The molecule has 3 N–H and O–H groups in total. The third kappa shape index (κ3) is 7.77. The lowest BCUT2D eigenvalue weighted by Gasteiger charge is -2.13. The number of nitrogens with zero attached hydrogens (tertiary/aromatic N) is 1. The van der Waals surface area contributed by atoms with Crippen molar-refractivity contribution in [2.45, 2.75) is 13.3 Å². The number of amides is 1. The fraction of sp³-hybridized carbons (Fsp3) is 0.333. The van der Waals surface area contributed by atoms with Crippen molar-refractivity contribution >= 4 is 41.5 Å². The van der Waals surface area contributed by atoms with Gasteiger partial charge in [0.1, 0.15) is 6.54 Å². The van der Waals surface area contributed by atoms with E-state index in [9.17, 15) is 18.0 Å². The Morgan fingerprint density at radius 1 is 1.00 bits per heavy atom. The Labute approximate surface area is 201 Å². The van der Waals surface area contributed by atoms with Gasteiger partial charge in [-0.3, -0.25) is 4.79 Å². The van der Waals surface area contributed by atoms with E-state index >= 15 is 0 Å². The van der Waals surface area contributed by atoms with Crippen LogP contribution < -0.4 is 25.4 Å². The topological polar surface area (TPSA) is 84.0 Å². The maximum atomic E-state index is 13.7. The summed E-state index contributed by atoms with van der Waals surface area (Å²) in [6, 6.07) is 7.28. The van der Waals surface area contributed by atoms with Crippen LogP contribution in [0.2, 0.25) is 0 Å². The highest BCUT2D eigenvalue weighted by atomic mass is 127. The predicted molar refractivity (Wildman–Crippen MR) is 128 cm³/mol. The summed E-state index contributed by atoms with van der Waals surface area (Å²) in [5.41, 5.74) is 0.554. The molecule has 0 aromatic heterocycles. The van der Waals surface area contributed by atoms with Crippen LogP contribution in [0.25, 0.3) is 0 Å². The monoisotopic (exact) mass is 566 g/mol. The first-order valence-corrected chi connectivity index (χ1v) is 9.56. The zero-order valence-corrected chi connectivity index (χ0v) is 20.3. The first-order valence-electron chi connectivity index (χ1n) is 9.56. The Balaban J connectivity index is 0.00000512. The predicted octanol–water partition coefficient (Wildman–Crippen LogP) is 3.48. The van der Waals surface area contributed by atoms with Crippen LogP contribution in [0.4, 0.5) is 18.9 Å². The molecule has 0 spiro atoms. The number of carbonyl (C=O) groups excluding carboxylic acids is 1. The number of anilines is 1. The van der Waals surface area contributed by atoms with Crippen LogP contribution >= 0.6 is 24.0 Å². The number of halogens is 4. The minimum Gasteiger partial charge on any atom is -0.493 e. The fourth-order valence-corrected chi connectivity index (χ4v) is 2.67. The van der Waals surface area contributed by atoms with Crippen molar-refractivity contribution in [1.82, 2.24) is 10.6 Å². The number of methoxy groups -OCH3 is 2. The number of nitrogens with one attached hydrogen (secondary N) is 3. The number of ether oxygens (including phenoxy) is 2. The van der Waals surface area contributed by atoms with E-state index in [1.165, 1.54) is 0 Å². The molecule has 0 aliphatic heterocycles. The van der Waals surface area contributed by atoms with Crippen molar-refractivity contribution < 1.29 is 27.4 Å². The van der Waals surface area contributed by atoms with Gasteiger partial charge in [-0.1, -0.05) is 6.07 Å². The van der Waals surface area contributed by atoms with Crippen molar-refractivity contribution in [3.05, 3.63) is 53.3 Å². The summed E-state index contributed by atoms with van der Waals surface area (Å²) in [5, 5.41) is 8.25. The second kappa shape index (κ2) is 13.7. The Bertz CT molecular complexity index is 945. The number of hydrogen-bond donors (Lipinski definition) is 3. The maximum Gasteiger partial charge on any atom is 0.246 e. The van der Waals surface area contributed by atoms with Gasteiger partial charge in [-0.25, -0.2) is 18.2 Å². The van der Waals surface area contributed by atoms with Gasteiger partial charge in [-0.05, 0) is 43.2 Å². The highest BCUT2D eigenvalue weighted by Crippen LogP contribution is 2.27. The lowest BCUT2D eigenvalue weighted by molar-refractivity contribution is -0.114. The molecule has 0 unspecified atom stereocenters. The Morgan fingerprint density at radius 3 is 2.38 bits per heavy atom. The summed E-state index contributed by atoms with van der Waals surface area (Å²) < 4.78 is 50.4. The molecule has 176 valence electrons. The summed E-state index contributed by atoms with van der Waals surface area (Å²) in [5.74, 6) is -3.48. The standard InChI is InChI=1S/C21H25F3N4O3.HI/c1-4-25-21(26-10-9-13-5-8-16(30-2)17(11-13)31-3)27-12-18(29)28-15-7-6-14(22)19(23)20(15)24;/h5-8,11H,4,9-10,12H2,1-3H3,(H,28,29)(H2,25,26,27);1H. The largest absolute Gasteiger partial charge is 0.493 e. The lowest BCUT2D eigenvalue weighted by Crippen LogP contribution is -2.39. The fourth-order valence-electron chi connectivity index (χ4n) is 2.67. The molecule has 7 nitrogen and oxygen atoms in total. The molecule has 11 heteroatoms. The van der Waals surface area contributed by atoms with Crippen molar-refractivity contribution in [1.29, 1.82) is 0 Å². The zero-order chi connectivity index (χ0) is 22.8. The van der Waals surface area contributed by atoms with Crippen molar-refractivity contribution in [2.24, 2.45) is 4.99 Å². The van der Waals surface area contributed by atoms with E-state index < -0.39 is 29.0 Å². The van der Waals surface area contributed by atoms with E-state index in [1.807, 2.05) is 25.1 Å². The van der Waals surface area contributed by atoms with Crippen LogP contribution in [0.5, 0.6) is 11.5 Å². The highest BCUT2D eigenvalue weighted by Gasteiger charge is 2.15. The van der Waals surface area contributed by atoms with Gasteiger partial charge in [-0.15, -0.1) is 24.0 Å². The minimum atomic E-state index is -1.65. The molecule has 0 atom stereocenters. The molecule has 2 aromatic carbocycles. The van der Waals surface area contributed by atoms with E-state index in [4.69, 9.17) is 9.47 Å². The third-order valence-corrected chi connectivity index (χ3v) is 4.19. The van der Waals surface area contributed by atoms with Gasteiger partial charge in [0, 0.05) is 13.1 Å². The number of aliphatic imine (C=N–C) groups is 1. The molecule has 0 fully saturated rings. The van der Waals surface area contributed by atoms with Crippen LogP contribution in [-0.4, -0.2) is 45.7 Å². The molecule has 2 aromatic rings. The Hall–Kier alpha value is -2.70. The molecule has 0 saturated carbocycles. The molecule has 0 bridgehead atoms. The van der Waals surface area contributed by atoms with Gasteiger partial charge >= 0.3 is 0 Å². The summed E-state index contributed by atoms with van der Waals surface area (Å²) in [6.45, 7) is 2.59. The van der Waals surface area contributed by atoms with Crippen LogP contribution in [0.3, 0.4) is 0 Å². The molecule has 0 radical (unpaired) electrons. The smallest absolute Gasteiger partial charge is 0.246 e. The SMILES string of the molecule is CCNC(=NCC(=O)Nc1ccc(F)c(F)c1F)NCCc1ccc(OC)c(OC)c1.I. The van der Waals surface area contributed by atoms with Gasteiger partial charge < -0.3 is 25.4 Å². The van der Waals surface area contributed by atoms with Crippen molar-refractivity contribution in [2.75, 3.05) is 39.2 Å². The minimum absolute atomic E-state index is 0. The van der Waals surface area contributed by atoms with Crippen LogP contribution in [-0.2, 0) is 11.2 Å². The van der Waals surface area contributed by atoms with Crippen LogP contribution in [0.15, 0.2) is 35.3 Å². The summed E-state index contributed by atoms with van der Waals surface area (Å²) in [7, 11) is 3.13. The van der Waals surface area contributed by atoms with Gasteiger partial charge in [0.25, 0.3) is 0 Å². The van der Waals surface area contributed by atoms with Gasteiger partial charge in [-0.2, -0.15) is 0 Å². The molecule has 1 amide bonds. The van der Waals surface area contributed by atoms with E-state index in [2.05, 4.69) is 20.9 Å². The van der Waals surface area contributed by atoms with Gasteiger partial charge in [0.15, 0.2) is 34.9 Å². The van der Waals surface area contributed by atoms with E-state index in [1.54, 1.807) is 14.2 Å². The van der Waals surface area contributed by atoms with Crippen LogP contribution in [0, 0.1) is 17.5 Å². The highest BCUT2D eigenvalue weighted by molar-refractivity contribution is 14.0. The average molecular weight is 566 g/mol. The summed E-state index contributed by atoms with van der Waals surface area (Å²) >= 11 is 0. The Morgan fingerprint density at radius 2 is 1.72 bits per heavy atom. The number of benzene rings is 2. The second-order valence-electron chi connectivity index (χ2n) is 6.33. The number of hydrogen-bond acceptors (Lipinski definition) is 4. The molecular weight excluding hydrogens is 540 g/mol. The normalized spacial score (nSPS) is 10.8. The molecular formula is C21H26F3IN4O3. The van der Waals surface area contributed by atoms with E-state index in [0.29, 0.717) is 37.0 Å². The first-order chi connectivity index (χ1) is 14.9. The molecule has 0 heterocycles. The Kier molecular flexibility index (Phi) is 11.7. The molecule has 32 heavy (non-hydrogen) atoms.